The number of rotatable bonds is 1. The lowest BCUT2D eigenvalue weighted by atomic mass is 9.82. The first-order valence-electron chi connectivity index (χ1n) is 4.44. The van der Waals surface area contributed by atoms with Crippen molar-refractivity contribution < 1.29 is 4.39 Å². The van der Waals surface area contributed by atoms with Gasteiger partial charge in [0.05, 0.1) is 0 Å². The molecule has 0 aromatic carbocycles. The van der Waals surface area contributed by atoms with Crippen molar-refractivity contribution in [3.63, 3.8) is 0 Å². The van der Waals surface area contributed by atoms with Gasteiger partial charge in [-0.3, -0.25) is 0 Å². The maximum Gasteiger partial charge on any atom is 0.112 e. The van der Waals surface area contributed by atoms with E-state index in [-0.39, 0.29) is 5.92 Å². The Balaban J connectivity index is 2.81. The third kappa shape index (κ3) is 2.20. The van der Waals surface area contributed by atoms with Crippen LogP contribution in [0.1, 0.15) is 34.1 Å². The molecule has 0 radical (unpaired) electrons. The van der Waals surface area contributed by atoms with Crippen LogP contribution in [0.3, 0.4) is 0 Å². The molecule has 1 heteroatoms. The van der Waals surface area contributed by atoms with Crippen LogP contribution in [0.2, 0.25) is 0 Å². The second kappa shape index (κ2) is 3.04. The largest absolute Gasteiger partial charge is 0.244 e. The number of allylic oxidation sites excluding steroid dienone is 4. The van der Waals surface area contributed by atoms with E-state index in [0.29, 0.717) is 0 Å². The van der Waals surface area contributed by atoms with Gasteiger partial charge >= 0.3 is 0 Å². The van der Waals surface area contributed by atoms with E-state index in [1.165, 1.54) is 11.1 Å². The van der Waals surface area contributed by atoms with Crippen LogP contribution < -0.4 is 0 Å². The van der Waals surface area contributed by atoms with Crippen LogP contribution in [0.4, 0.5) is 4.39 Å². The standard InChI is InChI=1S/C11H17F/c1-8-5-9(2)7-10(6-8)11(3,4)12/h5-6,10H,7H2,1-4H3. The molecule has 0 saturated heterocycles. The molecular formula is C11H17F. The van der Waals surface area contributed by atoms with E-state index in [2.05, 4.69) is 13.0 Å². The number of hydrogen-bond donors (Lipinski definition) is 0. The molecule has 0 heterocycles. The van der Waals surface area contributed by atoms with E-state index in [1.54, 1.807) is 13.8 Å². The molecule has 0 amide bonds. The van der Waals surface area contributed by atoms with Crippen LogP contribution in [0.15, 0.2) is 23.3 Å². The fourth-order valence-electron chi connectivity index (χ4n) is 1.66. The van der Waals surface area contributed by atoms with E-state index in [4.69, 9.17) is 0 Å². The fourth-order valence-corrected chi connectivity index (χ4v) is 1.66. The Labute approximate surface area is 74.2 Å². The highest BCUT2D eigenvalue weighted by Crippen LogP contribution is 2.32. The van der Waals surface area contributed by atoms with Gasteiger partial charge in [0.15, 0.2) is 0 Å². The summed E-state index contributed by atoms with van der Waals surface area (Å²) in [7, 11) is 0. The number of alkyl halides is 1. The van der Waals surface area contributed by atoms with Crippen molar-refractivity contribution >= 4 is 0 Å². The van der Waals surface area contributed by atoms with Crippen LogP contribution in [0.25, 0.3) is 0 Å². The predicted molar refractivity (Wildman–Crippen MR) is 50.8 cm³/mol. The zero-order chi connectivity index (χ0) is 9.35. The van der Waals surface area contributed by atoms with E-state index in [1.807, 2.05) is 13.0 Å². The predicted octanol–water partition coefficient (Wildman–Crippen LogP) is 3.65. The van der Waals surface area contributed by atoms with Crippen molar-refractivity contribution in [2.75, 3.05) is 0 Å². The van der Waals surface area contributed by atoms with Gasteiger partial charge < -0.3 is 0 Å². The Morgan fingerprint density at radius 3 is 2.42 bits per heavy atom. The van der Waals surface area contributed by atoms with Crippen LogP contribution in [0.5, 0.6) is 0 Å². The monoisotopic (exact) mass is 168 g/mol. The molecule has 1 aliphatic carbocycles. The van der Waals surface area contributed by atoms with Gasteiger partial charge in [-0.25, -0.2) is 4.39 Å². The van der Waals surface area contributed by atoms with Crippen molar-refractivity contribution in [3.05, 3.63) is 23.3 Å². The van der Waals surface area contributed by atoms with Gasteiger partial charge in [0.2, 0.25) is 0 Å². The Kier molecular flexibility index (Phi) is 2.41. The lowest BCUT2D eigenvalue weighted by Crippen LogP contribution is -2.25. The normalized spacial score (nSPS) is 24.9. The van der Waals surface area contributed by atoms with Crippen molar-refractivity contribution in [3.8, 4) is 0 Å². The van der Waals surface area contributed by atoms with Gasteiger partial charge in [-0.05, 0) is 34.1 Å². The summed E-state index contributed by atoms with van der Waals surface area (Å²) in [6.07, 6.45) is 5.02. The first-order chi connectivity index (χ1) is 5.39. The summed E-state index contributed by atoms with van der Waals surface area (Å²) in [6.45, 7) is 7.40. The molecule has 0 nitrogen and oxygen atoms in total. The summed E-state index contributed by atoms with van der Waals surface area (Å²) < 4.78 is 13.5. The first kappa shape index (κ1) is 9.50. The summed E-state index contributed by atoms with van der Waals surface area (Å²) in [4.78, 5) is 0. The third-order valence-corrected chi connectivity index (χ3v) is 2.36. The Morgan fingerprint density at radius 2 is 2.00 bits per heavy atom. The van der Waals surface area contributed by atoms with Crippen molar-refractivity contribution in [2.24, 2.45) is 5.92 Å². The van der Waals surface area contributed by atoms with Gasteiger partial charge in [0, 0.05) is 5.92 Å². The Morgan fingerprint density at radius 1 is 1.42 bits per heavy atom. The molecule has 1 rings (SSSR count). The minimum Gasteiger partial charge on any atom is -0.244 e. The summed E-state index contributed by atoms with van der Waals surface area (Å²) >= 11 is 0. The highest BCUT2D eigenvalue weighted by atomic mass is 19.1. The van der Waals surface area contributed by atoms with Crippen molar-refractivity contribution in [2.45, 2.75) is 39.8 Å². The van der Waals surface area contributed by atoms with Gasteiger partial charge in [-0.1, -0.05) is 23.3 Å². The molecular weight excluding hydrogens is 151 g/mol. The first-order valence-corrected chi connectivity index (χ1v) is 4.44. The third-order valence-electron chi connectivity index (χ3n) is 2.36. The smallest absolute Gasteiger partial charge is 0.112 e. The van der Waals surface area contributed by atoms with Crippen LogP contribution >= 0.6 is 0 Å². The van der Waals surface area contributed by atoms with Gasteiger partial charge in [-0.2, -0.15) is 0 Å². The van der Waals surface area contributed by atoms with Crippen molar-refractivity contribution in [1.82, 2.24) is 0 Å². The van der Waals surface area contributed by atoms with E-state index >= 15 is 0 Å². The molecule has 0 aromatic heterocycles. The lowest BCUT2D eigenvalue weighted by molar-refractivity contribution is 0.152. The van der Waals surface area contributed by atoms with Crippen LogP contribution in [-0.4, -0.2) is 5.67 Å². The molecule has 68 valence electrons. The Bertz CT molecular complexity index is 228. The highest BCUT2D eigenvalue weighted by molar-refractivity contribution is 5.28. The molecule has 1 atom stereocenters. The van der Waals surface area contributed by atoms with E-state index in [9.17, 15) is 4.39 Å². The maximum atomic E-state index is 13.5. The quantitative estimate of drug-likeness (QED) is 0.560. The average molecular weight is 168 g/mol. The van der Waals surface area contributed by atoms with Crippen LogP contribution in [0, 0.1) is 5.92 Å². The van der Waals surface area contributed by atoms with Gasteiger partial charge in [-0.15, -0.1) is 0 Å². The summed E-state index contributed by atoms with van der Waals surface area (Å²) in [5.74, 6) is 0.0579. The maximum absolute atomic E-state index is 13.5. The molecule has 0 aromatic rings. The van der Waals surface area contributed by atoms with E-state index < -0.39 is 5.67 Å². The molecule has 1 aliphatic rings. The number of hydrogen-bond acceptors (Lipinski definition) is 0. The summed E-state index contributed by atoms with van der Waals surface area (Å²) in [5, 5.41) is 0. The minimum atomic E-state index is -1.09. The molecule has 0 bridgehead atoms. The number of halogens is 1. The topological polar surface area (TPSA) is 0 Å². The molecule has 0 fully saturated rings. The molecule has 0 saturated carbocycles. The lowest BCUT2D eigenvalue weighted by Gasteiger charge is -2.27. The second-order valence-electron chi connectivity index (χ2n) is 4.28. The Hall–Kier alpha value is -0.590. The van der Waals surface area contributed by atoms with Crippen LogP contribution in [-0.2, 0) is 0 Å². The average Bonchev–Trinajstić information content (AvgIpc) is 1.82. The highest BCUT2D eigenvalue weighted by Gasteiger charge is 2.28. The fraction of sp³-hybridized carbons (Fsp3) is 0.636. The summed E-state index contributed by atoms with van der Waals surface area (Å²) in [6, 6.07) is 0. The zero-order valence-corrected chi connectivity index (χ0v) is 8.32. The van der Waals surface area contributed by atoms with Crippen molar-refractivity contribution in [1.29, 1.82) is 0 Å². The zero-order valence-electron chi connectivity index (χ0n) is 8.32. The molecule has 12 heavy (non-hydrogen) atoms. The molecule has 0 N–H and O–H groups in total. The second-order valence-corrected chi connectivity index (χ2v) is 4.28. The SMILES string of the molecule is CC1=CC(C(C)(C)F)CC(C)=C1. The van der Waals surface area contributed by atoms with Gasteiger partial charge in [0.25, 0.3) is 0 Å². The minimum absolute atomic E-state index is 0.0579. The van der Waals surface area contributed by atoms with E-state index in [0.717, 1.165) is 6.42 Å². The molecule has 0 aliphatic heterocycles. The molecule has 0 spiro atoms. The van der Waals surface area contributed by atoms with Gasteiger partial charge in [0.1, 0.15) is 5.67 Å². The molecule has 1 unspecified atom stereocenters. The summed E-state index contributed by atoms with van der Waals surface area (Å²) in [5.41, 5.74) is 1.39.